The number of piperazine rings is 1. The second-order valence-corrected chi connectivity index (χ2v) is 7.81. The average molecular weight is 412 g/mol. The second kappa shape index (κ2) is 8.20. The Morgan fingerprint density at radius 2 is 1.77 bits per heavy atom. The zero-order valence-corrected chi connectivity index (χ0v) is 17.2. The van der Waals surface area contributed by atoms with Crippen LogP contribution in [0.1, 0.15) is 15.9 Å². The van der Waals surface area contributed by atoms with E-state index in [9.17, 15) is 4.79 Å². The monoisotopic (exact) mass is 412 g/mol. The number of hydrogen-bond donors (Lipinski definition) is 2. The Morgan fingerprint density at radius 1 is 0.968 bits per heavy atom. The molecule has 7 nitrogen and oxygen atoms in total. The third kappa shape index (κ3) is 4.00. The van der Waals surface area contributed by atoms with Crippen LogP contribution in [-0.4, -0.2) is 51.9 Å². The fourth-order valence-electron chi connectivity index (χ4n) is 4.06. The van der Waals surface area contributed by atoms with Crippen molar-refractivity contribution in [3.05, 3.63) is 78.0 Å². The van der Waals surface area contributed by atoms with Gasteiger partial charge < -0.3 is 15.6 Å². The van der Waals surface area contributed by atoms with Crippen LogP contribution in [0.4, 0.5) is 5.82 Å². The van der Waals surface area contributed by atoms with Crippen LogP contribution in [0.2, 0.25) is 0 Å². The third-order valence-electron chi connectivity index (χ3n) is 5.74. The van der Waals surface area contributed by atoms with Crippen molar-refractivity contribution in [2.75, 3.05) is 31.1 Å². The van der Waals surface area contributed by atoms with Gasteiger partial charge in [0.15, 0.2) is 0 Å². The summed E-state index contributed by atoms with van der Waals surface area (Å²) in [5.41, 5.74) is 9.48. The van der Waals surface area contributed by atoms with E-state index in [0.29, 0.717) is 16.9 Å². The van der Waals surface area contributed by atoms with E-state index >= 15 is 0 Å². The molecule has 2 aromatic heterocycles. The number of hydrogen-bond acceptors (Lipinski definition) is 5. The van der Waals surface area contributed by atoms with Crippen molar-refractivity contribution in [2.45, 2.75) is 6.54 Å². The molecule has 1 aliphatic rings. The number of imidazole rings is 1. The van der Waals surface area contributed by atoms with Gasteiger partial charge in [-0.15, -0.1) is 0 Å². The van der Waals surface area contributed by atoms with Gasteiger partial charge in [0.05, 0.1) is 11.1 Å². The number of fused-ring (bicyclic) bond motifs is 1. The zero-order valence-electron chi connectivity index (χ0n) is 17.2. The van der Waals surface area contributed by atoms with Crippen molar-refractivity contribution in [1.29, 1.82) is 0 Å². The van der Waals surface area contributed by atoms with Crippen molar-refractivity contribution in [1.82, 2.24) is 19.9 Å². The minimum absolute atomic E-state index is 0.415. The fourth-order valence-corrected chi connectivity index (χ4v) is 4.06. The molecular formula is C24H24N6O. The number of aromatic nitrogens is 3. The number of rotatable bonds is 5. The number of nitrogens with two attached hydrogens (primary N) is 1. The number of H-pyrrole nitrogens is 1. The SMILES string of the molecule is NC(=O)c1cccc2[nH]c(-c3ccc(N4CCN(Cc5ccccc5)CC4)nc3)nc12. The summed E-state index contributed by atoms with van der Waals surface area (Å²) in [5.74, 6) is 1.16. The molecule has 4 aromatic rings. The molecule has 0 unspecified atom stereocenters. The summed E-state index contributed by atoms with van der Waals surface area (Å²) in [4.78, 5) is 29.0. The van der Waals surface area contributed by atoms with Crippen LogP contribution in [0, 0.1) is 0 Å². The number of para-hydroxylation sites is 1. The van der Waals surface area contributed by atoms with Crippen molar-refractivity contribution in [2.24, 2.45) is 5.73 Å². The lowest BCUT2D eigenvalue weighted by Gasteiger charge is -2.35. The standard InChI is InChI=1S/C24H24N6O/c25-23(31)19-7-4-8-20-22(19)28-24(27-20)18-9-10-21(26-15-18)30-13-11-29(12-14-30)16-17-5-2-1-3-6-17/h1-10,15H,11-14,16H2,(H2,25,31)(H,27,28). The highest BCUT2D eigenvalue weighted by molar-refractivity contribution is 6.04. The predicted octanol–water partition coefficient (Wildman–Crippen LogP) is 3.05. The minimum atomic E-state index is -0.483. The van der Waals surface area contributed by atoms with Gasteiger partial charge in [-0.2, -0.15) is 0 Å². The smallest absolute Gasteiger partial charge is 0.250 e. The lowest BCUT2D eigenvalue weighted by Crippen LogP contribution is -2.46. The summed E-state index contributed by atoms with van der Waals surface area (Å²) in [6.45, 7) is 4.91. The van der Waals surface area contributed by atoms with Gasteiger partial charge in [-0.1, -0.05) is 36.4 Å². The molecule has 0 atom stereocenters. The molecule has 0 aliphatic carbocycles. The zero-order chi connectivity index (χ0) is 21.2. The lowest BCUT2D eigenvalue weighted by atomic mass is 10.2. The first-order chi connectivity index (χ1) is 15.2. The molecule has 31 heavy (non-hydrogen) atoms. The normalized spacial score (nSPS) is 14.8. The Morgan fingerprint density at radius 3 is 2.48 bits per heavy atom. The maximum absolute atomic E-state index is 11.7. The number of carbonyl (C=O) groups is 1. The van der Waals surface area contributed by atoms with Crippen LogP contribution in [0.25, 0.3) is 22.4 Å². The van der Waals surface area contributed by atoms with Crippen molar-refractivity contribution < 1.29 is 4.79 Å². The van der Waals surface area contributed by atoms with Crippen molar-refractivity contribution in [3.8, 4) is 11.4 Å². The molecule has 1 amide bonds. The van der Waals surface area contributed by atoms with Crippen LogP contribution < -0.4 is 10.6 Å². The van der Waals surface area contributed by atoms with E-state index in [4.69, 9.17) is 5.73 Å². The van der Waals surface area contributed by atoms with E-state index in [-0.39, 0.29) is 0 Å². The van der Waals surface area contributed by atoms with Crippen molar-refractivity contribution in [3.63, 3.8) is 0 Å². The maximum atomic E-state index is 11.7. The van der Waals surface area contributed by atoms with Gasteiger partial charge in [-0.05, 0) is 29.8 Å². The highest BCUT2D eigenvalue weighted by atomic mass is 16.1. The first-order valence-corrected chi connectivity index (χ1v) is 10.4. The summed E-state index contributed by atoms with van der Waals surface area (Å²) in [5, 5.41) is 0. The van der Waals surface area contributed by atoms with E-state index < -0.39 is 5.91 Å². The predicted molar refractivity (Wildman–Crippen MR) is 122 cm³/mol. The quantitative estimate of drug-likeness (QED) is 0.526. The van der Waals surface area contributed by atoms with Crippen molar-refractivity contribution >= 4 is 22.8 Å². The first kappa shape index (κ1) is 19.3. The number of amides is 1. The van der Waals surface area contributed by atoms with Crippen LogP contribution >= 0.6 is 0 Å². The molecule has 0 radical (unpaired) electrons. The summed E-state index contributed by atoms with van der Waals surface area (Å²) in [7, 11) is 0. The Bertz CT molecular complexity index is 1190. The van der Waals surface area contributed by atoms with Gasteiger partial charge in [0.25, 0.3) is 5.91 Å². The van der Waals surface area contributed by atoms with Gasteiger partial charge in [0.2, 0.25) is 0 Å². The Hall–Kier alpha value is -3.71. The lowest BCUT2D eigenvalue weighted by molar-refractivity contribution is 0.100. The molecule has 0 saturated carbocycles. The Kier molecular flexibility index (Phi) is 5.09. The average Bonchev–Trinajstić information content (AvgIpc) is 3.25. The van der Waals surface area contributed by atoms with Gasteiger partial charge in [0, 0.05) is 44.5 Å². The maximum Gasteiger partial charge on any atom is 0.250 e. The third-order valence-corrected chi connectivity index (χ3v) is 5.74. The van der Waals surface area contributed by atoms with Crippen LogP contribution in [0.15, 0.2) is 66.9 Å². The molecule has 7 heteroatoms. The van der Waals surface area contributed by atoms with Gasteiger partial charge in [0.1, 0.15) is 17.2 Å². The molecule has 1 fully saturated rings. The molecule has 1 saturated heterocycles. The molecule has 2 aromatic carbocycles. The first-order valence-electron chi connectivity index (χ1n) is 10.4. The summed E-state index contributed by atoms with van der Waals surface area (Å²) < 4.78 is 0. The number of nitrogens with zero attached hydrogens (tertiary/aromatic N) is 4. The number of aromatic amines is 1. The molecule has 1 aliphatic heterocycles. The highest BCUT2D eigenvalue weighted by Gasteiger charge is 2.18. The Balaban J connectivity index is 1.27. The van der Waals surface area contributed by atoms with E-state index in [1.807, 2.05) is 24.4 Å². The second-order valence-electron chi connectivity index (χ2n) is 7.81. The largest absolute Gasteiger partial charge is 0.366 e. The summed E-state index contributed by atoms with van der Waals surface area (Å²) in [6.07, 6.45) is 1.83. The molecule has 3 N–H and O–H groups in total. The Labute approximate surface area is 180 Å². The van der Waals surface area contributed by atoms with Crippen LogP contribution in [-0.2, 0) is 6.54 Å². The molecule has 0 bridgehead atoms. The molecular weight excluding hydrogens is 388 g/mol. The number of carbonyl (C=O) groups excluding carboxylic acids is 1. The highest BCUT2D eigenvalue weighted by Crippen LogP contribution is 2.24. The van der Waals surface area contributed by atoms with E-state index in [2.05, 4.69) is 55.1 Å². The number of primary amides is 1. The fraction of sp³-hybridized carbons (Fsp3) is 0.208. The molecule has 3 heterocycles. The van der Waals surface area contributed by atoms with Gasteiger partial charge in [-0.25, -0.2) is 9.97 Å². The van der Waals surface area contributed by atoms with E-state index in [1.54, 1.807) is 12.1 Å². The number of benzene rings is 2. The number of pyridine rings is 1. The molecule has 5 rings (SSSR count). The van der Waals surface area contributed by atoms with Crippen LogP contribution in [0.5, 0.6) is 0 Å². The van der Waals surface area contributed by atoms with Crippen LogP contribution in [0.3, 0.4) is 0 Å². The summed E-state index contributed by atoms with van der Waals surface area (Å²) >= 11 is 0. The van der Waals surface area contributed by atoms with E-state index in [1.165, 1.54) is 5.56 Å². The summed E-state index contributed by atoms with van der Waals surface area (Å²) in [6, 6.07) is 20.0. The van der Waals surface area contributed by atoms with Gasteiger partial charge in [-0.3, -0.25) is 9.69 Å². The van der Waals surface area contributed by atoms with Gasteiger partial charge >= 0.3 is 0 Å². The molecule has 156 valence electrons. The minimum Gasteiger partial charge on any atom is -0.366 e. The van der Waals surface area contributed by atoms with E-state index in [0.717, 1.165) is 49.6 Å². The number of anilines is 1. The number of nitrogens with one attached hydrogen (secondary N) is 1. The molecule has 0 spiro atoms. The topological polar surface area (TPSA) is 91.1 Å².